The Hall–Kier alpha value is -2.35. The first kappa shape index (κ1) is 18.0. The summed E-state index contributed by atoms with van der Waals surface area (Å²) in [7, 11) is 0. The van der Waals surface area contributed by atoms with Crippen molar-refractivity contribution in [3.05, 3.63) is 63.7 Å². The Balaban J connectivity index is 1.62. The second-order valence-corrected chi connectivity index (χ2v) is 7.90. The molecule has 1 aliphatic rings. The first-order chi connectivity index (χ1) is 13.1. The molecule has 0 aliphatic carbocycles. The van der Waals surface area contributed by atoms with Gasteiger partial charge in [0.1, 0.15) is 11.5 Å². The van der Waals surface area contributed by atoms with E-state index in [1.165, 1.54) is 23.1 Å². The minimum absolute atomic E-state index is 0.0847. The molecule has 1 aromatic carbocycles. The van der Waals surface area contributed by atoms with Crippen molar-refractivity contribution in [1.29, 1.82) is 0 Å². The molecule has 1 fully saturated rings. The van der Waals surface area contributed by atoms with Crippen LogP contribution in [0, 0.1) is 0 Å². The number of hydrogen-bond acceptors (Lipinski definition) is 6. The standard InChI is InChI=1S/C19H14ClN3O2S2/c1-2-23-17(24)16(27-19(23)22-18-21-8-9-26-18)11-14-6-7-15(25-14)12-4-3-5-13(20)10-12/h3-11H,2H2,1H3/b16-11+,22-19+. The van der Waals surface area contributed by atoms with Gasteiger partial charge in [-0.2, -0.15) is 4.99 Å². The number of amides is 1. The largest absolute Gasteiger partial charge is 0.457 e. The van der Waals surface area contributed by atoms with E-state index in [-0.39, 0.29) is 5.91 Å². The highest BCUT2D eigenvalue weighted by molar-refractivity contribution is 8.18. The number of aromatic nitrogens is 1. The average molecular weight is 416 g/mol. The summed E-state index contributed by atoms with van der Waals surface area (Å²) in [5, 5.41) is 3.76. The van der Waals surface area contributed by atoms with Crippen molar-refractivity contribution in [3.8, 4) is 11.3 Å². The summed E-state index contributed by atoms with van der Waals surface area (Å²) >= 11 is 8.80. The number of hydrogen-bond donors (Lipinski definition) is 0. The van der Waals surface area contributed by atoms with E-state index in [0.29, 0.717) is 38.3 Å². The maximum Gasteiger partial charge on any atom is 0.266 e. The zero-order valence-corrected chi connectivity index (χ0v) is 16.6. The van der Waals surface area contributed by atoms with Crippen LogP contribution in [0.25, 0.3) is 17.4 Å². The first-order valence-corrected chi connectivity index (χ1v) is 10.3. The number of nitrogens with zero attached hydrogens (tertiary/aromatic N) is 3. The van der Waals surface area contributed by atoms with Crippen LogP contribution in [0.2, 0.25) is 5.02 Å². The molecule has 136 valence electrons. The van der Waals surface area contributed by atoms with Crippen molar-refractivity contribution < 1.29 is 9.21 Å². The predicted molar refractivity (Wildman–Crippen MR) is 111 cm³/mol. The van der Waals surface area contributed by atoms with Crippen LogP contribution >= 0.6 is 34.7 Å². The SMILES string of the molecule is CCN1C(=O)/C(=C\c2ccc(-c3cccc(Cl)c3)o2)S/C1=N/c1nccs1. The lowest BCUT2D eigenvalue weighted by Gasteiger charge is -2.11. The third-order valence-electron chi connectivity index (χ3n) is 3.82. The number of halogens is 1. The third-order valence-corrected chi connectivity index (χ3v) is 5.73. The second kappa shape index (κ2) is 7.72. The third kappa shape index (κ3) is 3.85. The molecule has 0 bridgehead atoms. The van der Waals surface area contributed by atoms with Gasteiger partial charge in [-0.3, -0.25) is 9.69 Å². The number of carbonyl (C=O) groups is 1. The molecule has 4 rings (SSSR count). The fourth-order valence-corrected chi connectivity index (χ4v) is 4.36. The van der Waals surface area contributed by atoms with E-state index in [1.54, 1.807) is 17.2 Å². The normalized spacial score (nSPS) is 17.4. The molecule has 3 aromatic rings. The molecule has 1 saturated heterocycles. The van der Waals surface area contributed by atoms with Gasteiger partial charge in [-0.05, 0) is 43.0 Å². The van der Waals surface area contributed by atoms with Gasteiger partial charge < -0.3 is 4.42 Å². The summed E-state index contributed by atoms with van der Waals surface area (Å²) in [5.41, 5.74) is 0.888. The molecular formula is C19H14ClN3O2S2. The van der Waals surface area contributed by atoms with Gasteiger partial charge in [0, 0.05) is 34.8 Å². The molecule has 0 spiro atoms. The van der Waals surface area contributed by atoms with Gasteiger partial charge in [-0.25, -0.2) is 4.98 Å². The first-order valence-electron chi connectivity index (χ1n) is 8.19. The Morgan fingerprint density at radius 3 is 2.96 bits per heavy atom. The van der Waals surface area contributed by atoms with Crippen LogP contribution in [0.1, 0.15) is 12.7 Å². The summed E-state index contributed by atoms with van der Waals surface area (Å²) in [6.07, 6.45) is 3.44. The van der Waals surface area contributed by atoms with Crippen LogP contribution in [0.4, 0.5) is 5.13 Å². The fraction of sp³-hybridized carbons (Fsp3) is 0.105. The lowest BCUT2D eigenvalue weighted by atomic mass is 10.2. The number of carbonyl (C=O) groups excluding carboxylic acids is 1. The quantitative estimate of drug-likeness (QED) is 0.514. The molecule has 5 nitrogen and oxygen atoms in total. The van der Waals surface area contributed by atoms with E-state index in [2.05, 4.69) is 9.98 Å². The summed E-state index contributed by atoms with van der Waals surface area (Å²) in [4.78, 5) is 23.5. The van der Waals surface area contributed by atoms with Crippen LogP contribution in [-0.2, 0) is 4.79 Å². The van der Waals surface area contributed by atoms with Crippen molar-refractivity contribution in [3.63, 3.8) is 0 Å². The maximum absolute atomic E-state index is 12.7. The number of rotatable bonds is 4. The number of furan rings is 1. The Morgan fingerprint density at radius 1 is 1.33 bits per heavy atom. The minimum atomic E-state index is -0.0847. The zero-order valence-electron chi connectivity index (χ0n) is 14.3. The molecule has 0 saturated carbocycles. The number of thiazole rings is 1. The Labute approximate surface area is 169 Å². The molecule has 0 atom stereocenters. The van der Waals surface area contributed by atoms with Crippen molar-refractivity contribution in [1.82, 2.24) is 9.88 Å². The topological polar surface area (TPSA) is 58.7 Å². The van der Waals surface area contributed by atoms with Gasteiger partial charge >= 0.3 is 0 Å². The van der Waals surface area contributed by atoms with Gasteiger partial charge in [0.25, 0.3) is 5.91 Å². The van der Waals surface area contributed by atoms with Crippen LogP contribution < -0.4 is 0 Å². The molecule has 0 N–H and O–H groups in total. The number of likely N-dealkylation sites (N-methyl/N-ethyl adjacent to an activating group) is 1. The minimum Gasteiger partial charge on any atom is -0.457 e. The van der Waals surface area contributed by atoms with Crippen LogP contribution in [-0.4, -0.2) is 27.5 Å². The van der Waals surface area contributed by atoms with Crippen molar-refractivity contribution in [2.24, 2.45) is 4.99 Å². The van der Waals surface area contributed by atoms with E-state index in [9.17, 15) is 4.79 Å². The lowest BCUT2D eigenvalue weighted by Crippen LogP contribution is -2.28. The van der Waals surface area contributed by atoms with Gasteiger partial charge in [-0.15, -0.1) is 11.3 Å². The van der Waals surface area contributed by atoms with Crippen molar-refractivity contribution in [2.45, 2.75) is 6.92 Å². The Bertz CT molecular complexity index is 1040. The van der Waals surface area contributed by atoms with E-state index in [1.807, 2.05) is 48.7 Å². The van der Waals surface area contributed by atoms with Gasteiger partial charge in [0.05, 0.1) is 4.91 Å². The Morgan fingerprint density at radius 2 is 2.22 bits per heavy atom. The van der Waals surface area contributed by atoms with E-state index in [4.69, 9.17) is 16.0 Å². The van der Waals surface area contributed by atoms with Crippen molar-refractivity contribution in [2.75, 3.05) is 6.54 Å². The van der Waals surface area contributed by atoms with Crippen LogP contribution in [0.15, 0.2) is 62.3 Å². The molecule has 1 amide bonds. The van der Waals surface area contributed by atoms with E-state index in [0.717, 1.165) is 5.56 Å². The summed E-state index contributed by atoms with van der Waals surface area (Å²) < 4.78 is 5.88. The molecule has 0 unspecified atom stereocenters. The van der Waals surface area contributed by atoms with Crippen LogP contribution in [0.5, 0.6) is 0 Å². The smallest absolute Gasteiger partial charge is 0.266 e. The highest BCUT2D eigenvalue weighted by atomic mass is 35.5. The van der Waals surface area contributed by atoms with Gasteiger partial charge in [-0.1, -0.05) is 23.7 Å². The molecule has 27 heavy (non-hydrogen) atoms. The number of aliphatic imine (C=N–C) groups is 1. The number of thioether (sulfide) groups is 1. The monoisotopic (exact) mass is 415 g/mol. The molecule has 8 heteroatoms. The van der Waals surface area contributed by atoms with Gasteiger partial charge in [0.2, 0.25) is 5.13 Å². The number of benzene rings is 1. The van der Waals surface area contributed by atoms with Crippen molar-refractivity contribution >= 4 is 57.0 Å². The second-order valence-electron chi connectivity index (χ2n) is 5.58. The lowest BCUT2D eigenvalue weighted by molar-refractivity contribution is -0.122. The fourth-order valence-electron chi connectivity index (χ4n) is 2.58. The average Bonchev–Trinajstić information content (AvgIpc) is 3.38. The maximum atomic E-state index is 12.7. The molecule has 0 radical (unpaired) electrons. The molecule has 2 aromatic heterocycles. The summed E-state index contributed by atoms with van der Waals surface area (Å²) in [6.45, 7) is 2.46. The van der Waals surface area contributed by atoms with E-state index < -0.39 is 0 Å². The molecule has 3 heterocycles. The van der Waals surface area contributed by atoms with E-state index >= 15 is 0 Å². The predicted octanol–water partition coefficient (Wildman–Crippen LogP) is 5.68. The molecular weight excluding hydrogens is 402 g/mol. The highest BCUT2D eigenvalue weighted by Gasteiger charge is 2.32. The summed E-state index contributed by atoms with van der Waals surface area (Å²) in [5.74, 6) is 1.22. The highest BCUT2D eigenvalue weighted by Crippen LogP contribution is 2.35. The number of amidine groups is 1. The van der Waals surface area contributed by atoms with Gasteiger partial charge in [0.15, 0.2) is 5.17 Å². The Kier molecular flexibility index (Phi) is 5.15. The molecule has 1 aliphatic heterocycles. The summed E-state index contributed by atoms with van der Waals surface area (Å²) in [6, 6.07) is 11.1. The van der Waals surface area contributed by atoms with Crippen LogP contribution in [0.3, 0.4) is 0 Å². The zero-order chi connectivity index (χ0) is 18.8.